The lowest BCUT2D eigenvalue weighted by Gasteiger charge is -2.09. The van der Waals surface area contributed by atoms with Crippen LogP contribution in [-0.4, -0.2) is 22.0 Å². The normalized spacial score (nSPS) is 10.5. The van der Waals surface area contributed by atoms with Crippen LogP contribution in [0.1, 0.15) is 20.8 Å². The zero-order valence-electron chi connectivity index (χ0n) is 12.5. The fourth-order valence-electron chi connectivity index (χ4n) is 2.20. The SMILES string of the molecule is O=C(NNC(=O)c1n[nH]c(=O)c2ccccc12)c1cc(Cl)ccc1F. The lowest BCUT2D eigenvalue weighted by molar-refractivity contribution is 0.0842. The minimum Gasteiger partial charge on any atom is -0.267 e. The van der Waals surface area contributed by atoms with Crippen LogP contribution >= 0.6 is 11.6 Å². The van der Waals surface area contributed by atoms with E-state index in [0.29, 0.717) is 5.39 Å². The van der Waals surface area contributed by atoms with Crippen LogP contribution in [0.5, 0.6) is 0 Å². The molecule has 0 fully saturated rings. The van der Waals surface area contributed by atoms with Crippen molar-refractivity contribution in [2.45, 2.75) is 0 Å². The van der Waals surface area contributed by atoms with Crippen molar-refractivity contribution in [2.75, 3.05) is 0 Å². The number of hydrogen-bond donors (Lipinski definition) is 3. The minimum absolute atomic E-state index is 0.0953. The van der Waals surface area contributed by atoms with E-state index in [1.165, 1.54) is 12.1 Å². The van der Waals surface area contributed by atoms with Crippen molar-refractivity contribution in [3.63, 3.8) is 0 Å². The zero-order valence-corrected chi connectivity index (χ0v) is 13.2. The topological polar surface area (TPSA) is 104 Å². The summed E-state index contributed by atoms with van der Waals surface area (Å²) in [5, 5.41) is 6.65. The summed E-state index contributed by atoms with van der Waals surface area (Å²) >= 11 is 5.72. The number of rotatable bonds is 2. The molecule has 3 rings (SSSR count). The van der Waals surface area contributed by atoms with Gasteiger partial charge in [0.05, 0.1) is 10.9 Å². The molecule has 0 spiro atoms. The molecule has 0 aliphatic heterocycles. The molecule has 25 heavy (non-hydrogen) atoms. The van der Waals surface area contributed by atoms with Crippen LogP contribution in [0.15, 0.2) is 47.3 Å². The quantitative estimate of drug-likeness (QED) is 0.606. The molecule has 0 aliphatic rings. The Bertz CT molecular complexity index is 1050. The molecule has 0 saturated heterocycles. The molecule has 2 aromatic carbocycles. The Morgan fingerprint density at radius 3 is 2.48 bits per heavy atom. The van der Waals surface area contributed by atoms with Gasteiger partial charge in [0.2, 0.25) is 0 Å². The lowest BCUT2D eigenvalue weighted by atomic mass is 10.1. The van der Waals surface area contributed by atoms with Crippen molar-refractivity contribution < 1.29 is 14.0 Å². The third kappa shape index (κ3) is 3.33. The number of aromatic nitrogens is 2. The standard InChI is InChI=1S/C16H10ClFN4O3/c17-8-5-6-12(18)11(7-8)15(24)21-22-16(25)13-9-3-1-2-4-10(9)14(23)20-19-13/h1-7H,(H,20,23)(H,21,24)(H,22,25). The number of hydrogen-bond acceptors (Lipinski definition) is 4. The number of benzene rings is 2. The number of carbonyl (C=O) groups is 2. The number of nitrogens with zero attached hydrogens (tertiary/aromatic N) is 1. The van der Waals surface area contributed by atoms with Crippen LogP contribution < -0.4 is 16.4 Å². The molecule has 3 aromatic rings. The van der Waals surface area contributed by atoms with Gasteiger partial charge in [-0.15, -0.1) is 0 Å². The maximum absolute atomic E-state index is 13.6. The first kappa shape index (κ1) is 16.6. The van der Waals surface area contributed by atoms with E-state index in [4.69, 9.17) is 11.6 Å². The van der Waals surface area contributed by atoms with Gasteiger partial charge in [-0.05, 0) is 24.3 Å². The van der Waals surface area contributed by atoms with E-state index < -0.39 is 23.2 Å². The van der Waals surface area contributed by atoms with Gasteiger partial charge in [0.25, 0.3) is 17.4 Å². The number of H-pyrrole nitrogens is 1. The molecule has 1 aromatic heterocycles. The van der Waals surface area contributed by atoms with Gasteiger partial charge in [-0.3, -0.25) is 25.2 Å². The summed E-state index contributed by atoms with van der Waals surface area (Å²) in [6.07, 6.45) is 0. The Morgan fingerprint density at radius 2 is 1.72 bits per heavy atom. The molecule has 0 radical (unpaired) electrons. The van der Waals surface area contributed by atoms with Gasteiger partial charge >= 0.3 is 0 Å². The fourth-order valence-corrected chi connectivity index (χ4v) is 2.37. The smallest absolute Gasteiger partial charge is 0.267 e. The first-order valence-corrected chi connectivity index (χ1v) is 7.38. The Morgan fingerprint density at radius 1 is 1.04 bits per heavy atom. The number of carbonyl (C=O) groups excluding carboxylic acids is 2. The number of hydrazine groups is 1. The summed E-state index contributed by atoms with van der Waals surface area (Å²) in [5.41, 5.74) is 3.33. The van der Waals surface area contributed by atoms with Crippen LogP contribution in [-0.2, 0) is 0 Å². The number of halogens is 2. The molecule has 9 heteroatoms. The van der Waals surface area contributed by atoms with Gasteiger partial charge in [0.1, 0.15) is 5.82 Å². The largest absolute Gasteiger partial charge is 0.290 e. The Kier molecular flexibility index (Phi) is 4.44. The van der Waals surface area contributed by atoms with Gasteiger partial charge in [-0.25, -0.2) is 9.49 Å². The summed E-state index contributed by atoms with van der Waals surface area (Å²) in [5.74, 6) is -2.45. The highest BCUT2D eigenvalue weighted by Gasteiger charge is 2.17. The molecular formula is C16H10ClFN4O3. The summed E-state index contributed by atoms with van der Waals surface area (Å²) < 4.78 is 13.6. The Hall–Kier alpha value is -3.26. The molecule has 0 bridgehead atoms. The molecule has 0 unspecified atom stereocenters. The molecule has 0 aliphatic carbocycles. The van der Waals surface area contributed by atoms with Gasteiger partial charge in [-0.2, -0.15) is 5.10 Å². The third-order valence-electron chi connectivity index (χ3n) is 3.37. The summed E-state index contributed by atoms with van der Waals surface area (Å²) in [6.45, 7) is 0. The predicted octanol–water partition coefficient (Wildman–Crippen LogP) is 1.79. The fraction of sp³-hybridized carbons (Fsp3) is 0. The average Bonchev–Trinajstić information content (AvgIpc) is 2.62. The maximum atomic E-state index is 13.6. The second-order valence-electron chi connectivity index (χ2n) is 4.98. The van der Waals surface area contributed by atoms with Crippen LogP contribution in [0, 0.1) is 5.82 Å². The van der Waals surface area contributed by atoms with Crippen LogP contribution in [0.2, 0.25) is 5.02 Å². The first-order chi connectivity index (χ1) is 12.0. The molecular weight excluding hydrogens is 351 g/mol. The second kappa shape index (κ2) is 6.70. The van der Waals surface area contributed by atoms with E-state index in [2.05, 4.69) is 21.0 Å². The number of aromatic amines is 1. The van der Waals surface area contributed by atoms with Gasteiger partial charge in [-0.1, -0.05) is 29.8 Å². The highest BCUT2D eigenvalue weighted by atomic mass is 35.5. The summed E-state index contributed by atoms with van der Waals surface area (Å²) in [7, 11) is 0. The van der Waals surface area contributed by atoms with Crippen molar-refractivity contribution in [3.05, 3.63) is 74.9 Å². The van der Waals surface area contributed by atoms with E-state index >= 15 is 0 Å². The highest BCUT2D eigenvalue weighted by Crippen LogP contribution is 2.15. The Balaban J connectivity index is 1.82. The maximum Gasteiger partial charge on any atom is 0.290 e. The Labute approximate surface area is 144 Å². The first-order valence-electron chi connectivity index (χ1n) is 7.00. The van der Waals surface area contributed by atoms with E-state index in [1.54, 1.807) is 18.2 Å². The molecule has 7 nitrogen and oxygen atoms in total. The summed E-state index contributed by atoms with van der Waals surface area (Å²) in [4.78, 5) is 35.9. The number of nitrogens with one attached hydrogen (secondary N) is 3. The second-order valence-corrected chi connectivity index (χ2v) is 5.42. The van der Waals surface area contributed by atoms with Gasteiger partial charge in [0, 0.05) is 10.4 Å². The van der Waals surface area contributed by atoms with Crippen molar-refractivity contribution in [1.82, 2.24) is 21.0 Å². The zero-order chi connectivity index (χ0) is 18.0. The number of fused-ring (bicyclic) bond motifs is 1. The molecule has 0 saturated carbocycles. The van der Waals surface area contributed by atoms with E-state index in [-0.39, 0.29) is 21.7 Å². The lowest BCUT2D eigenvalue weighted by Crippen LogP contribution is -2.42. The van der Waals surface area contributed by atoms with Gasteiger partial charge < -0.3 is 0 Å². The predicted molar refractivity (Wildman–Crippen MR) is 88.7 cm³/mol. The van der Waals surface area contributed by atoms with Crippen molar-refractivity contribution in [1.29, 1.82) is 0 Å². The minimum atomic E-state index is -0.887. The highest BCUT2D eigenvalue weighted by molar-refractivity contribution is 6.31. The average molecular weight is 361 g/mol. The van der Waals surface area contributed by atoms with Gasteiger partial charge in [0.15, 0.2) is 5.69 Å². The van der Waals surface area contributed by atoms with Crippen molar-refractivity contribution in [2.24, 2.45) is 0 Å². The van der Waals surface area contributed by atoms with E-state index in [1.807, 2.05) is 0 Å². The van der Waals surface area contributed by atoms with Crippen LogP contribution in [0.4, 0.5) is 4.39 Å². The van der Waals surface area contributed by atoms with Crippen molar-refractivity contribution >= 4 is 34.2 Å². The molecule has 0 atom stereocenters. The molecule has 1 heterocycles. The molecule has 126 valence electrons. The van der Waals surface area contributed by atoms with E-state index in [0.717, 1.165) is 12.1 Å². The van der Waals surface area contributed by atoms with Crippen LogP contribution in [0.3, 0.4) is 0 Å². The van der Waals surface area contributed by atoms with E-state index in [9.17, 15) is 18.8 Å². The van der Waals surface area contributed by atoms with Crippen LogP contribution in [0.25, 0.3) is 10.8 Å². The monoisotopic (exact) mass is 360 g/mol. The van der Waals surface area contributed by atoms with Crippen molar-refractivity contribution in [3.8, 4) is 0 Å². The summed E-state index contributed by atoms with van der Waals surface area (Å²) in [6, 6.07) is 9.82. The third-order valence-corrected chi connectivity index (χ3v) is 3.61. The molecule has 3 N–H and O–H groups in total. The molecule has 2 amide bonds. The number of amides is 2.